The molecular formula is C16H27N3O2. The van der Waals surface area contributed by atoms with Crippen molar-refractivity contribution in [1.82, 2.24) is 15.5 Å². The molecule has 1 unspecified atom stereocenters. The number of benzene rings is 1. The number of nitrogens with one attached hydrogen (secondary N) is 2. The highest BCUT2D eigenvalue weighted by molar-refractivity contribution is 5.74. The van der Waals surface area contributed by atoms with Crippen LogP contribution in [-0.4, -0.2) is 42.8 Å². The van der Waals surface area contributed by atoms with E-state index in [9.17, 15) is 4.79 Å². The Hall–Kier alpha value is -1.59. The number of amides is 2. The van der Waals surface area contributed by atoms with Gasteiger partial charge in [-0.15, -0.1) is 0 Å². The molecule has 1 rings (SSSR count). The second-order valence-electron chi connectivity index (χ2n) is 5.60. The van der Waals surface area contributed by atoms with Crippen molar-refractivity contribution >= 4 is 6.03 Å². The standard InChI is InChI=1S/C16H27N3O2/c1-13(7-6-10-20)18-16(21)17-11-14-8-4-5-9-15(14)12-19(2)3/h4-5,8-9,13,20H,6-7,10-12H2,1-3H3,(H2,17,18,21). The Balaban J connectivity index is 2.45. The number of carbonyl (C=O) groups excluding carboxylic acids is 1. The lowest BCUT2D eigenvalue weighted by Crippen LogP contribution is -2.40. The molecule has 0 aliphatic carbocycles. The molecule has 0 aromatic heterocycles. The summed E-state index contributed by atoms with van der Waals surface area (Å²) in [5, 5.41) is 14.5. The number of aliphatic hydroxyl groups excluding tert-OH is 1. The third-order valence-electron chi connectivity index (χ3n) is 3.22. The highest BCUT2D eigenvalue weighted by Crippen LogP contribution is 2.10. The highest BCUT2D eigenvalue weighted by atomic mass is 16.3. The van der Waals surface area contributed by atoms with Crippen LogP contribution >= 0.6 is 0 Å². The van der Waals surface area contributed by atoms with E-state index in [-0.39, 0.29) is 18.7 Å². The van der Waals surface area contributed by atoms with E-state index in [4.69, 9.17) is 5.11 Å². The van der Waals surface area contributed by atoms with Crippen molar-refractivity contribution < 1.29 is 9.90 Å². The maximum atomic E-state index is 11.8. The molecular weight excluding hydrogens is 266 g/mol. The van der Waals surface area contributed by atoms with Gasteiger partial charge in [-0.3, -0.25) is 0 Å². The van der Waals surface area contributed by atoms with Gasteiger partial charge in [-0.25, -0.2) is 4.79 Å². The molecule has 0 bridgehead atoms. The number of hydrogen-bond acceptors (Lipinski definition) is 3. The first kappa shape index (κ1) is 17.5. The summed E-state index contributed by atoms with van der Waals surface area (Å²) in [6.45, 7) is 3.47. The second-order valence-corrected chi connectivity index (χ2v) is 5.60. The number of carbonyl (C=O) groups is 1. The van der Waals surface area contributed by atoms with Crippen LogP contribution in [0.5, 0.6) is 0 Å². The van der Waals surface area contributed by atoms with E-state index >= 15 is 0 Å². The summed E-state index contributed by atoms with van der Waals surface area (Å²) in [5.41, 5.74) is 2.35. The van der Waals surface area contributed by atoms with Crippen LogP contribution in [0.4, 0.5) is 4.79 Å². The fourth-order valence-corrected chi connectivity index (χ4v) is 2.14. The molecule has 0 saturated heterocycles. The zero-order chi connectivity index (χ0) is 15.7. The molecule has 118 valence electrons. The molecule has 0 aliphatic heterocycles. The molecule has 0 spiro atoms. The van der Waals surface area contributed by atoms with E-state index in [1.807, 2.05) is 39.2 Å². The van der Waals surface area contributed by atoms with E-state index in [2.05, 4.69) is 21.6 Å². The average Bonchev–Trinajstić information content (AvgIpc) is 2.43. The Morgan fingerprint density at radius 3 is 2.57 bits per heavy atom. The molecule has 5 nitrogen and oxygen atoms in total. The van der Waals surface area contributed by atoms with E-state index in [1.54, 1.807) is 0 Å². The largest absolute Gasteiger partial charge is 0.396 e. The van der Waals surface area contributed by atoms with Crippen molar-refractivity contribution in [1.29, 1.82) is 0 Å². The van der Waals surface area contributed by atoms with Crippen LogP contribution in [-0.2, 0) is 13.1 Å². The second kappa shape index (κ2) is 9.37. The molecule has 21 heavy (non-hydrogen) atoms. The minimum atomic E-state index is -0.167. The van der Waals surface area contributed by atoms with Crippen molar-refractivity contribution in [2.75, 3.05) is 20.7 Å². The molecule has 0 heterocycles. The van der Waals surface area contributed by atoms with Crippen molar-refractivity contribution in [3.8, 4) is 0 Å². The molecule has 0 aliphatic rings. The third-order valence-corrected chi connectivity index (χ3v) is 3.22. The first-order chi connectivity index (χ1) is 10.0. The van der Waals surface area contributed by atoms with Crippen molar-refractivity contribution in [2.45, 2.75) is 38.9 Å². The van der Waals surface area contributed by atoms with Crippen molar-refractivity contribution in [2.24, 2.45) is 0 Å². The third kappa shape index (κ3) is 7.11. The molecule has 0 radical (unpaired) electrons. The Morgan fingerprint density at radius 2 is 1.95 bits per heavy atom. The topological polar surface area (TPSA) is 64.6 Å². The van der Waals surface area contributed by atoms with Crippen molar-refractivity contribution in [3.63, 3.8) is 0 Å². The summed E-state index contributed by atoms with van der Waals surface area (Å²) in [7, 11) is 4.06. The molecule has 1 aromatic rings. The van der Waals surface area contributed by atoms with Gasteiger partial charge >= 0.3 is 6.03 Å². The summed E-state index contributed by atoms with van der Waals surface area (Å²) in [5.74, 6) is 0. The lowest BCUT2D eigenvalue weighted by Gasteiger charge is -2.16. The Labute approximate surface area is 127 Å². The maximum absolute atomic E-state index is 11.8. The van der Waals surface area contributed by atoms with Crippen LogP contribution in [0.25, 0.3) is 0 Å². The van der Waals surface area contributed by atoms with Gasteiger partial charge in [0.1, 0.15) is 0 Å². The zero-order valence-corrected chi connectivity index (χ0v) is 13.2. The van der Waals surface area contributed by atoms with Gasteiger partial charge < -0.3 is 20.6 Å². The summed E-state index contributed by atoms with van der Waals surface area (Å²) in [4.78, 5) is 13.9. The fraction of sp³-hybridized carbons (Fsp3) is 0.562. The van der Waals surface area contributed by atoms with Crippen LogP contribution in [0.2, 0.25) is 0 Å². The molecule has 3 N–H and O–H groups in total. The zero-order valence-electron chi connectivity index (χ0n) is 13.2. The van der Waals surface area contributed by atoms with E-state index in [1.165, 1.54) is 5.56 Å². The summed E-state index contributed by atoms with van der Waals surface area (Å²) in [6.07, 6.45) is 1.48. The summed E-state index contributed by atoms with van der Waals surface area (Å²) in [6, 6.07) is 8.01. The van der Waals surface area contributed by atoms with E-state index < -0.39 is 0 Å². The predicted molar refractivity (Wildman–Crippen MR) is 85.0 cm³/mol. The quantitative estimate of drug-likeness (QED) is 0.683. The summed E-state index contributed by atoms with van der Waals surface area (Å²) < 4.78 is 0. The Bertz CT molecular complexity index is 435. The Kier molecular flexibility index (Phi) is 7.79. The molecule has 2 amide bonds. The molecule has 0 saturated carbocycles. The number of aliphatic hydroxyl groups is 1. The smallest absolute Gasteiger partial charge is 0.315 e. The number of nitrogens with zero attached hydrogens (tertiary/aromatic N) is 1. The number of hydrogen-bond donors (Lipinski definition) is 3. The minimum Gasteiger partial charge on any atom is -0.396 e. The molecule has 1 atom stereocenters. The van der Waals surface area contributed by atoms with Gasteiger partial charge in [0.15, 0.2) is 0 Å². The fourth-order valence-electron chi connectivity index (χ4n) is 2.14. The van der Waals surface area contributed by atoms with Crippen LogP contribution in [0.1, 0.15) is 30.9 Å². The van der Waals surface area contributed by atoms with Gasteiger partial charge in [-0.05, 0) is 45.0 Å². The van der Waals surface area contributed by atoms with Crippen molar-refractivity contribution in [3.05, 3.63) is 35.4 Å². The van der Waals surface area contributed by atoms with Gasteiger partial charge in [-0.1, -0.05) is 24.3 Å². The number of urea groups is 1. The lowest BCUT2D eigenvalue weighted by molar-refractivity contribution is 0.234. The first-order valence-electron chi connectivity index (χ1n) is 7.39. The van der Waals surface area contributed by atoms with E-state index in [0.29, 0.717) is 13.0 Å². The molecule has 1 aromatic carbocycles. The van der Waals surface area contributed by atoms with Crippen LogP contribution in [0, 0.1) is 0 Å². The Morgan fingerprint density at radius 1 is 1.29 bits per heavy atom. The average molecular weight is 293 g/mol. The SMILES string of the molecule is CC(CCCO)NC(=O)NCc1ccccc1CN(C)C. The predicted octanol–water partition coefficient (Wildman–Crippen LogP) is 1.71. The van der Waals surface area contributed by atoms with Gasteiger partial charge in [0, 0.05) is 25.7 Å². The monoisotopic (exact) mass is 293 g/mol. The lowest BCUT2D eigenvalue weighted by atomic mass is 10.1. The van der Waals surface area contributed by atoms with Gasteiger partial charge in [0.05, 0.1) is 0 Å². The number of rotatable bonds is 8. The summed E-state index contributed by atoms with van der Waals surface area (Å²) >= 11 is 0. The minimum absolute atomic E-state index is 0.0640. The van der Waals surface area contributed by atoms with E-state index in [0.717, 1.165) is 18.5 Å². The van der Waals surface area contributed by atoms with Crippen LogP contribution in [0.15, 0.2) is 24.3 Å². The van der Waals surface area contributed by atoms with Gasteiger partial charge in [0.25, 0.3) is 0 Å². The van der Waals surface area contributed by atoms with Gasteiger partial charge in [-0.2, -0.15) is 0 Å². The molecule has 5 heteroatoms. The van der Waals surface area contributed by atoms with Crippen LogP contribution < -0.4 is 10.6 Å². The first-order valence-corrected chi connectivity index (χ1v) is 7.39. The molecule has 0 fully saturated rings. The van der Waals surface area contributed by atoms with Gasteiger partial charge in [0.2, 0.25) is 0 Å². The maximum Gasteiger partial charge on any atom is 0.315 e. The van der Waals surface area contributed by atoms with Crippen LogP contribution in [0.3, 0.4) is 0 Å². The normalized spacial score (nSPS) is 12.2. The highest BCUT2D eigenvalue weighted by Gasteiger charge is 2.08.